The molecule has 2 rings (SSSR count). The van der Waals surface area contributed by atoms with E-state index in [4.69, 9.17) is 5.11 Å². The first-order valence-corrected chi connectivity index (χ1v) is 6.92. The van der Waals surface area contributed by atoms with Crippen LogP contribution < -0.4 is 5.32 Å². The molecule has 0 saturated heterocycles. The van der Waals surface area contributed by atoms with E-state index in [0.717, 1.165) is 28.2 Å². The summed E-state index contributed by atoms with van der Waals surface area (Å²) in [6, 6.07) is 5.51. The van der Waals surface area contributed by atoms with Crippen LogP contribution in [0, 0.1) is 6.92 Å². The van der Waals surface area contributed by atoms with E-state index in [-0.39, 0.29) is 12.5 Å². The molecule has 1 amide bonds. The Kier molecular flexibility index (Phi) is 4.29. The van der Waals surface area contributed by atoms with Crippen LogP contribution in [-0.2, 0) is 13.0 Å². The van der Waals surface area contributed by atoms with Crippen molar-refractivity contribution in [2.24, 2.45) is 0 Å². The molecule has 0 fully saturated rings. The molecule has 100 valence electrons. The fourth-order valence-electron chi connectivity index (χ4n) is 1.66. The van der Waals surface area contributed by atoms with Gasteiger partial charge in [-0.3, -0.25) is 4.79 Å². The molecule has 5 heteroatoms. The normalized spacial score (nSPS) is 10.5. The number of hydrogen-bond donors (Lipinski definition) is 2. The molecule has 1 aromatic heterocycles. The van der Waals surface area contributed by atoms with Crippen LogP contribution in [0.2, 0.25) is 0 Å². The van der Waals surface area contributed by atoms with E-state index in [9.17, 15) is 4.79 Å². The van der Waals surface area contributed by atoms with Crippen molar-refractivity contribution in [1.82, 2.24) is 4.98 Å². The van der Waals surface area contributed by atoms with Gasteiger partial charge in [-0.05, 0) is 30.5 Å². The lowest BCUT2D eigenvalue weighted by molar-refractivity contribution is 0.103. The maximum absolute atomic E-state index is 12.1. The first-order chi connectivity index (χ1) is 9.13. The minimum Gasteiger partial charge on any atom is -0.392 e. The minimum atomic E-state index is -0.157. The molecule has 0 radical (unpaired) electrons. The molecule has 1 aromatic carbocycles. The summed E-state index contributed by atoms with van der Waals surface area (Å²) < 4.78 is 0. The van der Waals surface area contributed by atoms with Crippen LogP contribution in [0.15, 0.2) is 24.4 Å². The molecule has 0 saturated carbocycles. The Bertz CT molecular complexity index is 593. The number of carbonyl (C=O) groups excluding carboxylic acids is 1. The zero-order valence-electron chi connectivity index (χ0n) is 10.9. The fourth-order valence-corrected chi connectivity index (χ4v) is 2.42. The summed E-state index contributed by atoms with van der Waals surface area (Å²) in [5.74, 6) is -0.157. The predicted octanol–water partition coefficient (Wildman–Crippen LogP) is 2.76. The maximum Gasteiger partial charge on any atom is 0.267 e. The van der Waals surface area contributed by atoms with Gasteiger partial charge in [0.05, 0.1) is 17.8 Å². The number of thiazole rings is 1. The van der Waals surface area contributed by atoms with Crippen LogP contribution in [0.5, 0.6) is 0 Å². The van der Waals surface area contributed by atoms with Gasteiger partial charge in [0.2, 0.25) is 0 Å². The summed E-state index contributed by atoms with van der Waals surface area (Å²) in [5.41, 5.74) is 2.47. The van der Waals surface area contributed by atoms with Crippen LogP contribution in [0.3, 0.4) is 0 Å². The molecule has 2 aromatic rings. The van der Waals surface area contributed by atoms with Gasteiger partial charge in [0.1, 0.15) is 4.88 Å². The topological polar surface area (TPSA) is 62.2 Å². The van der Waals surface area contributed by atoms with Crippen molar-refractivity contribution in [2.75, 3.05) is 5.32 Å². The zero-order chi connectivity index (χ0) is 13.8. The highest BCUT2D eigenvalue weighted by atomic mass is 32.1. The number of nitrogens with one attached hydrogen (secondary N) is 1. The fraction of sp³-hybridized carbons (Fsp3) is 0.286. The summed E-state index contributed by atoms with van der Waals surface area (Å²) in [4.78, 5) is 16.9. The third kappa shape index (κ3) is 3.19. The monoisotopic (exact) mass is 276 g/mol. The maximum atomic E-state index is 12.1. The number of amides is 1. The highest BCUT2D eigenvalue weighted by Gasteiger charge is 2.11. The first-order valence-electron chi connectivity index (χ1n) is 6.10. The van der Waals surface area contributed by atoms with Gasteiger partial charge in [-0.2, -0.15) is 0 Å². The SMILES string of the molecule is CCc1ncc(C(=O)Nc2cc(CO)ccc2C)s1. The second-order valence-corrected chi connectivity index (χ2v) is 5.35. The summed E-state index contributed by atoms with van der Waals surface area (Å²) in [7, 11) is 0. The number of aryl methyl sites for hydroxylation is 2. The molecule has 0 atom stereocenters. The number of nitrogens with zero attached hydrogens (tertiary/aromatic N) is 1. The average molecular weight is 276 g/mol. The summed E-state index contributed by atoms with van der Waals surface area (Å²) in [6.45, 7) is 3.89. The highest BCUT2D eigenvalue weighted by molar-refractivity contribution is 7.13. The summed E-state index contributed by atoms with van der Waals surface area (Å²) in [6.07, 6.45) is 2.43. The summed E-state index contributed by atoms with van der Waals surface area (Å²) >= 11 is 1.40. The number of aromatic nitrogens is 1. The number of rotatable bonds is 4. The number of hydrogen-bond acceptors (Lipinski definition) is 4. The number of carbonyl (C=O) groups is 1. The van der Waals surface area contributed by atoms with Crippen LogP contribution in [-0.4, -0.2) is 16.0 Å². The van der Waals surface area contributed by atoms with Gasteiger partial charge in [-0.1, -0.05) is 19.1 Å². The molecule has 0 spiro atoms. The third-order valence-electron chi connectivity index (χ3n) is 2.81. The van der Waals surface area contributed by atoms with Gasteiger partial charge in [0.25, 0.3) is 5.91 Å². The smallest absolute Gasteiger partial charge is 0.267 e. The lowest BCUT2D eigenvalue weighted by Gasteiger charge is -2.08. The lowest BCUT2D eigenvalue weighted by Crippen LogP contribution is -2.11. The van der Waals surface area contributed by atoms with Gasteiger partial charge in [0.15, 0.2) is 0 Å². The van der Waals surface area contributed by atoms with E-state index >= 15 is 0 Å². The molecule has 0 aliphatic rings. The molecule has 0 aliphatic carbocycles. The van der Waals surface area contributed by atoms with Gasteiger partial charge in [0, 0.05) is 5.69 Å². The van der Waals surface area contributed by atoms with Gasteiger partial charge < -0.3 is 10.4 Å². The number of benzene rings is 1. The molecule has 19 heavy (non-hydrogen) atoms. The highest BCUT2D eigenvalue weighted by Crippen LogP contribution is 2.20. The Balaban J connectivity index is 2.18. The Hall–Kier alpha value is -1.72. The van der Waals surface area contributed by atoms with Crippen LogP contribution in [0.1, 0.15) is 32.7 Å². The van der Waals surface area contributed by atoms with Crippen molar-refractivity contribution >= 4 is 22.9 Å². The molecular weight excluding hydrogens is 260 g/mol. The molecule has 0 unspecified atom stereocenters. The third-order valence-corrected chi connectivity index (χ3v) is 3.95. The Morgan fingerprint density at radius 2 is 2.26 bits per heavy atom. The van der Waals surface area contributed by atoms with Crippen LogP contribution in [0.25, 0.3) is 0 Å². The number of aliphatic hydroxyl groups is 1. The first kappa shape index (κ1) is 13.7. The Morgan fingerprint density at radius 3 is 2.89 bits per heavy atom. The van der Waals surface area contributed by atoms with Crippen LogP contribution >= 0.6 is 11.3 Å². The zero-order valence-corrected chi connectivity index (χ0v) is 11.8. The quantitative estimate of drug-likeness (QED) is 0.902. The second-order valence-electron chi connectivity index (χ2n) is 4.23. The van der Waals surface area contributed by atoms with Crippen molar-refractivity contribution in [3.63, 3.8) is 0 Å². The average Bonchev–Trinajstić information content (AvgIpc) is 2.90. The van der Waals surface area contributed by atoms with Crippen molar-refractivity contribution in [1.29, 1.82) is 0 Å². The molecular formula is C14H16N2O2S. The van der Waals surface area contributed by atoms with E-state index < -0.39 is 0 Å². The van der Waals surface area contributed by atoms with Gasteiger partial charge >= 0.3 is 0 Å². The number of anilines is 1. The van der Waals surface area contributed by atoms with E-state index in [1.54, 1.807) is 12.3 Å². The number of aliphatic hydroxyl groups excluding tert-OH is 1. The van der Waals surface area contributed by atoms with Crippen LogP contribution in [0.4, 0.5) is 5.69 Å². The Labute approximate surface area is 116 Å². The van der Waals surface area contributed by atoms with Crippen molar-refractivity contribution < 1.29 is 9.90 Å². The lowest BCUT2D eigenvalue weighted by atomic mass is 10.1. The summed E-state index contributed by atoms with van der Waals surface area (Å²) in [5, 5.41) is 12.9. The molecule has 0 bridgehead atoms. The van der Waals surface area contributed by atoms with Crippen molar-refractivity contribution in [3.8, 4) is 0 Å². The second kappa shape index (κ2) is 5.95. The van der Waals surface area contributed by atoms with Gasteiger partial charge in [-0.25, -0.2) is 4.98 Å². The van der Waals surface area contributed by atoms with Gasteiger partial charge in [-0.15, -0.1) is 11.3 Å². The van der Waals surface area contributed by atoms with E-state index in [2.05, 4.69) is 10.3 Å². The van der Waals surface area contributed by atoms with E-state index in [1.807, 2.05) is 26.0 Å². The van der Waals surface area contributed by atoms with E-state index in [1.165, 1.54) is 11.3 Å². The largest absolute Gasteiger partial charge is 0.392 e. The molecule has 1 heterocycles. The minimum absolute atomic E-state index is 0.0380. The van der Waals surface area contributed by atoms with E-state index in [0.29, 0.717) is 4.88 Å². The molecule has 2 N–H and O–H groups in total. The Morgan fingerprint density at radius 1 is 1.47 bits per heavy atom. The standard InChI is InChI=1S/C14H16N2O2S/c1-3-13-15-7-12(19-13)14(18)16-11-6-10(8-17)5-4-9(11)2/h4-7,17H,3,8H2,1-2H3,(H,16,18). The van der Waals surface area contributed by atoms with Crippen molar-refractivity contribution in [3.05, 3.63) is 45.4 Å². The molecule has 0 aliphatic heterocycles. The van der Waals surface area contributed by atoms with Crippen molar-refractivity contribution in [2.45, 2.75) is 26.9 Å². The predicted molar refractivity (Wildman–Crippen MR) is 76.5 cm³/mol. The molecule has 4 nitrogen and oxygen atoms in total.